The number of alkyl carbamates (subject to hydrolysis) is 1. The molecule has 0 saturated carbocycles. The fourth-order valence-corrected chi connectivity index (χ4v) is 2.98. The summed E-state index contributed by atoms with van der Waals surface area (Å²) in [4.78, 5) is 16.3. The lowest BCUT2D eigenvalue weighted by atomic mass is 9.99. The largest absolute Gasteiger partial charge is 0.439 e. The maximum atomic E-state index is 14.2. The van der Waals surface area contributed by atoms with Crippen molar-refractivity contribution in [3.63, 3.8) is 0 Å². The van der Waals surface area contributed by atoms with E-state index in [1.807, 2.05) is 30.3 Å². The fraction of sp³-hybridized carbons (Fsp3) is 0.0909. The number of ether oxygens (including phenoxy) is 1. The second-order valence-corrected chi connectivity index (χ2v) is 6.18. The lowest BCUT2D eigenvalue weighted by molar-refractivity contribution is 0.129. The zero-order valence-electron chi connectivity index (χ0n) is 14.5. The van der Waals surface area contributed by atoms with Crippen molar-refractivity contribution >= 4 is 6.09 Å². The standard InChI is InChI=1S/C22H14F2N2O2/c23-15-10-12-17(18(24)13-15)21-20(26-22(27)28-21)19-8-4-7-16(25-19)11-9-14-5-2-1-3-6-14/h1-8,10,12-13,20-21H,(H,26,27)/t20-,21-/m0/s1. The summed E-state index contributed by atoms with van der Waals surface area (Å²) in [7, 11) is 0. The first-order chi connectivity index (χ1) is 13.6. The molecule has 0 unspecified atom stereocenters. The Labute approximate surface area is 160 Å². The van der Waals surface area contributed by atoms with Crippen molar-refractivity contribution in [2.24, 2.45) is 0 Å². The number of benzene rings is 2. The van der Waals surface area contributed by atoms with Gasteiger partial charge in [-0.25, -0.2) is 18.6 Å². The van der Waals surface area contributed by atoms with Crippen molar-refractivity contribution in [1.82, 2.24) is 10.3 Å². The van der Waals surface area contributed by atoms with Gasteiger partial charge < -0.3 is 10.1 Å². The molecule has 0 spiro atoms. The molecule has 4 rings (SSSR count). The Bertz CT molecular complexity index is 1090. The van der Waals surface area contributed by atoms with Crippen LogP contribution in [0.1, 0.15) is 34.7 Å². The van der Waals surface area contributed by atoms with Crippen molar-refractivity contribution in [1.29, 1.82) is 0 Å². The van der Waals surface area contributed by atoms with Gasteiger partial charge >= 0.3 is 6.09 Å². The molecule has 1 aliphatic rings. The fourth-order valence-electron chi connectivity index (χ4n) is 2.98. The predicted molar refractivity (Wildman–Crippen MR) is 98.1 cm³/mol. The van der Waals surface area contributed by atoms with E-state index in [9.17, 15) is 13.6 Å². The van der Waals surface area contributed by atoms with E-state index in [2.05, 4.69) is 22.1 Å². The average molecular weight is 376 g/mol. The summed E-state index contributed by atoms with van der Waals surface area (Å²) in [6, 6.07) is 17.1. The van der Waals surface area contributed by atoms with Gasteiger partial charge in [-0.05, 0) is 42.3 Å². The van der Waals surface area contributed by atoms with E-state index in [1.165, 1.54) is 6.07 Å². The van der Waals surface area contributed by atoms with E-state index in [0.29, 0.717) is 11.4 Å². The van der Waals surface area contributed by atoms with Gasteiger partial charge in [-0.3, -0.25) is 0 Å². The van der Waals surface area contributed by atoms with E-state index < -0.39 is 29.9 Å². The molecule has 28 heavy (non-hydrogen) atoms. The molecule has 6 heteroatoms. The Balaban J connectivity index is 1.66. The van der Waals surface area contributed by atoms with Gasteiger partial charge in [0.2, 0.25) is 0 Å². The molecule has 1 aromatic heterocycles. The zero-order valence-corrected chi connectivity index (χ0v) is 14.5. The monoisotopic (exact) mass is 376 g/mol. The number of carbonyl (C=O) groups excluding carboxylic acids is 1. The Kier molecular flexibility index (Phi) is 4.73. The van der Waals surface area contributed by atoms with Crippen LogP contribution >= 0.6 is 0 Å². The Morgan fingerprint density at radius 2 is 1.79 bits per heavy atom. The van der Waals surface area contributed by atoms with Gasteiger partial charge in [0.05, 0.1) is 5.69 Å². The van der Waals surface area contributed by atoms with Gasteiger partial charge in [0.15, 0.2) is 6.10 Å². The van der Waals surface area contributed by atoms with E-state index in [4.69, 9.17) is 4.74 Å². The Hall–Kier alpha value is -3.72. The molecular formula is C22H14F2N2O2. The number of hydrogen-bond donors (Lipinski definition) is 1. The molecule has 2 atom stereocenters. The number of hydrogen-bond acceptors (Lipinski definition) is 3. The smallest absolute Gasteiger partial charge is 0.408 e. The summed E-state index contributed by atoms with van der Waals surface area (Å²) < 4.78 is 32.6. The molecule has 138 valence electrons. The van der Waals surface area contributed by atoms with Crippen LogP contribution in [0.15, 0.2) is 66.7 Å². The molecule has 0 radical (unpaired) electrons. The van der Waals surface area contributed by atoms with E-state index in [1.54, 1.807) is 18.2 Å². The number of nitrogens with one attached hydrogen (secondary N) is 1. The number of nitrogens with zero attached hydrogens (tertiary/aromatic N) is 1. The first-order valence-electron chi connectivity index (χ1n) is 8.56. The molecule has 0 bridgehead atoms. The van der Waals surface area contributed by atoms with Crippen LogP contribution in [0.3, 0.4) is 0 Å². The van der Waals surface area contributed by atoms with Crippen molar-refractivity contribution in [3.05, 3.63) is 101 Å². The topological polar surface area (TPSA) is 51.2 Å². The van der Waals surface area contributed by atoms with Crippen molar-refractivity contribution in [3.8, 4) is 11.8 Å². The number of cyclic esters (lactones) is 1. The molecule has 1 fully saturated rings. The molecule has 1 amide bonds. The minimum absolute atomic E-state index is 0.0762. The van der Waals surface area contributed by atoms with Gasteiger partial charge in [-0.15, -0.1) is 0 Å². The van der Waals surface area contributed by atoms with Crippen LogP contribution in [0.5, 0.6) is 0 Å². The second kappa shape index (κ2) is 7.49. The molecule has 0 aliphatic carbocycles. The minimum Gasteiger partial charge on any atom is -0.439 e. The van der Waals surface area contributed by atoms with Crippen LogP contribution in [0, 0.1) is 23.5 Å². The number of amides is 1. The highest BCUT2D eigenvalue weighted by atomic mass is 19.1. The van der Waals surface area contributed by atoms with E-state index in [-0.39, 0.29) is 5.56 Å². The number of pyridine rings is 1. The molecule has 3 aromatic rings. The van der Waals surface area contributed by atoms with Gasteiger partial charge in [-0.2, -0.15) is 0 Å². The van der Waals surface area contributed by atoms with Crippen molar-refractivity contribution < 1.29 is 18.3 Å². The van der Waals surface area contributed by atoms with Crippen LogP contribution in [-0.2, 0) is 4.74 Å². The van der Waals surface area contributed by atoms with E-state index >= 15 is 0 Å². The third-order valence-electron chi connectivity index (χ3n) is 4.28. The normalized spacial score (nSPS) is 18.0. The van der Waals surface area contributed by atoms with Gasteiger partial charge in [-0.1, -0.05) is 30.2 Å². The van der Waals surface area contributed by atoms with Crippen LogP contribution in [0.4, 0.5) is 13.6 Å². The summed E-state index contributed by atoms with van der Waals surface area (Å²) in [5.74, 6) is 4.50. The summed E-state index contributed by atoms with van der Waals surface area (Å²) >= 11 is 0. The highest BCUT2D eigenvalue weighted by Crippen LogP contribution is 2.37. The summed E-state index contributed by atoms with van der Waals surface area (Å²) in [6.07, 6.45) is -1.65. The number of carbonyl (C=O) groups is 1. The SMILES string of the molecule is O=C1N[C@@H](c2cccc(C#Cc3ccccc3)n2)[C@H](c2ccc(F)cc2F)O1. The summed E-state index contributed by atoms with van der Waals surface area (Å²) in [5.41, 5.74) is 1.89. The van der Waals surface area contributed by atoms with Gasteiger partial charge in [0.25, 0.3) is 0 Å². The van der Waals surface area contributed by atoms with E-state index in [0.717, 1.165) is 17.7 Å². The molecule has 1 N–H and O–H groups in total. The summed E-state index contributed by atoms with van der Waals surface area (Å²) in [5, 5.41) is 2.63. The summed E-state index contributed by atoms with van der Waals surface area (Å²) in [6.45, 7) is 0. The molecule has 1 saturated heterocycles. The average Bonchev–Trinajstić information content (AvgIpc) is 3.09. The van der Waals surface area contributed by atoms with Crippen molar-refractivity contribution in [2.45, 2.75) is 12.1 Å². The maximum Gasteiger partial charge on any atom is 0.408 e. The van der Waals surface area contributed by atoms with Crippen LogP contribution < -0.4 is 5.32 Å². The second-order valence-electron chi connectivity index (χ2n) is 6.18. The highest BCUT2D eigenvalue weighted by Gasteiger charge is 2.38. The maximum absolute atomic E-state index is 14.2. The molecule has 2 heterocycles. The lowest BCUT2D eigenvalue weighted by Gasteiger charge is -2.17. The molecule has 4 nitrogen and oxygen atoms in total. The van der Waals surface area contributed by atoms with Gasteiger partial charge in [0.1, 0.15) is 23.4 Å². The van der Waals surface area contributed by atoms with Crippen LogP contribution in [0.25, 0.3) is 0 Å². The highest BCUT2D eigenvalue weighted by molar-refractivity contribution is 5.71. The molecule has 1 aliphatic heterocycles. The predicted octanol–water partition coefficient (Wildman–Crippen LogP) is 4.28. The molecular weight excluding hydrogens is 362 g/mol. The van der Waals surface area contributed by atoms with Crippen LogP contribution in [-0.4, -0.2) is 11.1 Å². The zero-order chi connectivity index (χ0) is 19.5. The number of aromatic nitrogens is 1. The first-order valence-corrected chi connectivity index (χ1v) is 8.56. The van der Waals surface area contributed by atoms with Crippen LogP contribution in [0.2, 0.25) is 0 Å². The third kappa shape index (κ3) is 3.69. The Morgan fingerprint density at radius 1 is 0.964 bits per heavy atom. The number of halogens is 2. The third-order valence-corrected chi connectivity index (χ3v) is 4.28. The lowest BCUT2D eigenvalue weighted by Crippen LogP contribution is -2.21. The molecule has 2 aromatic carbocycles. The minimum atomic E-state index is -0.960. The Morgan fingerprint density at radius 3 is 2.57 bits per heavy atom. The van der Waals surface area contributed by atoms with Crippen molar-refractivity contribution in [2.75, 3.05) is 0 Å². The number of rotatable bonds is 2. The first kappa shape index (κ1) is 17.7. The van der Waals surface area contributed by atoms with Gasteiger partial charge in [0, 0.05) is 17.2 Å². The quantitative estimate of drug-likeness (QED) is 0.679.